The summed E-state index contributed by atoms with van der Waals surface area (Å²) in [6.07, 6.45) is 3.42. The summed E-state index contributed by atoms with van der Waals surface area (Å²) in [4.78, 5) is 0. The van der Waals surface area contributed by atoms with Crippen LogP contribution in [0.5, 0.6) is 0 Å². The molecule has 1 aromatic rings. The van der Waals surface area contributed by atoms with Crippen molar-refractivity contribution in [1.29, 1.82) is 0 Å². The number of nitrogens with one attached hydrogen (secondary N) is 1. The normalized spacial score (nSPS) is 24.2. The van der Waals surface area contributed by atoms with Crippen LogP contribution in [0.1, 0.15) is 24.8 Å². The van der Waals surface area contributed by atoms with Crippen molar-refractivity contribution < 1.29 is 4.39 Å². The third-order valence-corrected chi connectivity index (χ3v) is 3.91. The maximum Gasteiger partial charge on any atom is 0.141 e. The van der Waals surface area contributed by atoms with Gasteiger partial charge in [0, 0.05) is 11.9 Å². The van der Waals surface area contributed by atoms with E-state index in [1.54, 1.807) is 12.1 Å². The summed E-state index contributed by atoms with van der Waals surface area (Å²) >= 11 is 11.8. The number of alkyl halides is 1. The molecule has 1 aromatic carbocycles. The fourth-order valence-corrected chi connectivity index (χ4v) is 2.85. The molecule has 17 heavy (non-hydrogen) atoms. The predicted molar refractivity (Wildman–Crippen MR) is 70.1 cm³/mol. The van der Waals surface area contributed by atoms with Gasteiger partial charge in [0.2, 0.25) is 0 Å². The van der Waals surface area contributed by atoms with Crippen LogP contribution in [0.2, 0.25) is 5.02 Å². The van der Waals surface area contributed by atoms with Gasteiger partial charge in [-0.15, -0.1) is 11.6 Å². The third kappa shape index (κ3) is 3.84. The van der Waals surface area contributed by atoms with Crippen LogP contribution in [0.4, 0.5) is 4.39 Å². The minimum atomic E-state index is -0.365. The van der Waals surface area contributed by atoms with Crippen molar-refractivity contribution in [2.45, 2.75) is 31.2 Å². The molecule has 0 aliphatic heterocycles. The van der Waals surface area contributed by atoms with E-state index in [1.807, 2.05) is 0 Å². The fraction of sp³-hybridized carbons (Fsp3) is 0.538. The van der Waals surface area contributed by atoms with Gasteiger partial charge in [-0.05, 0) is 49.4 Å². The molecule has 1 nitrogen and oxygen atoms in total. The zero-order valence-corrected chi connectivity index (χ0v) is 11.1. The van der Waals surface area contributed by atoms with E-state index >= 15 is 0 Å². The van der Waals surface area contributed by atoms with Gasteiger partial charge in [-0.3, -0.25) is 0 Å². The Balaban J connectivity index is 1.76. The molecule has 1 fully saturated rings. The molecular weight excluding hydrogens is 260 g/mol. The van der Waals surface area contributed by atoms with Gasteiger partial charge in [-0.2, -0.15) is 0 Å². The second-order valence-corrected chi connectivity index (χ2v) is 5.68. The SMILES string of the molecule is Fc1ccc(CNCC2CCC(Cl)C2)cc1Cl. The molecule has 1 aliphatic carbocycles. The number of benzene rings is 1. The van der Waals surface area contributed by atoms with Gasteiger partial charge in [-0.25, -0.2) is 4.39 Å². The number of rotatable bonds is 4. The Labute approximate surface area is 111 Å². The summed E-state index contributed by atoms with van der Waals surface area (Å²) in [5.74, 6) is 0.310. The van der Waals surface area contributed by atoms with E-state index in [2.05, 4.69) is 5.32 Å². The Morgan fingerprint density at radius 2 is 2.18 bits per heavy atom. The molecule has 0 spiro atoms. The first-order chi connectivity index (χ1) is 8.15. The molecule has 1 aliphatic rings. The molecule has 0 heterocycles. The summed E-state index contributed by atoms with van der Waals surface area (Å²) in [7, 11) is 0. The van der Waals surface area contributed by atoms with Gasteiger partial charge in [0.25, 0.3) is 0 Å². The molecule has 0 amide bonds. The summed E-state index contributed by atoms with van der Waals surface area (Å²) in [6, 6.07) is 4.83. The fourth-order valence-electron chi connectivity index (χ4n) is 2.27. The predicted octanol–water partition coefficient (Wildman–Crippen LogP) is 3.98. The zero-order valence-electron chi connectivity index (χ0n) is 9.56. The van der Waals surface area contributed by atoms with Crippen molar-refractivity contribution in [2.24, 2.45) is 5.92 Å². The number of hydrogen-bond acceptors (Lipinski definition) is 1. The molecule has 1 N–H and O–H groups in total. The van der Waals surface area contributed by atoms with E-state index in [1.165, 1.54) is 12.5 Å². The summed E-state index contributed by atoms with van der Waals surface area (Å²) in [5.41, 5.74) is 1.01. The van der Waals surface area contributed by atoms with Gasteiger partial charge in [0.15, 0.2) is 0 Å². The first kappa shape index (κ1) is 13.1. The summed E-state index contributed by atoms with van der Waals surface area (Å²) in [6.45, 7) is 1.70. The number of hydrogen-bond donors (Lipinski definition) is 1. The molecule has 94 valence electrons. The standard InChI is InChI=1S/C13H16Cl2FN/c14-11-3-1-9(5-11)7-17-8-10-2-4-13(16)12(15)6-10/h2,4,6,9,11,17H,1,3,5,7-8H2. The summed E-state index contributed by atoms with van der Waals surface area (Å²) < 4.78 is 12.9. The quantitative estimate of drug-likeness (QED) is 0.820. The van der Waals surface area contributed by atoms with Crippen LogP contribution >= 0.6 is 23.2 Å². The van der Waals surface area contributed by atoms with E-state index < -0.39 is 0 Å². The molecule has 1 saturated carbocycles. The van der Waals surface area contributed by atoms with Crippen LogP contribution in [-0.2, 0) is 6.54 Å². The van der Waals surface area contributed by atoms with Crippen molar-refractivity contribution in [3.05, 3.63) is 34.6 Å². The first-order valence-electron chi connectivity index (χ1n) is 5.94. The Morgan fingerprint density at radius 3 is 2.82 bits per heavy atom. The van der Waals surface area contributed by atoms with Crippen LogP contribution in [0.15, 0.2) is 18.2 Å². The monoisotopic (exact) mass is 275 g/mol. The van der Waals surface area contributed by atoms with Crippen molar-refractivity contribution in [2.75, 3.05) is 6.54 Å². The Bertz CT molecular complexity index is 384. The molecule has 4 heteroatoms. The molecule has 0 saturated heterocycles. The van der Waals surface area contributed by atoms with Crippen molar-refractivity contribution in [3.63, 3.8) is 0 Å². The molecule has 0 bridgehead atoms. The van der Waals surface area contributed by atoms with Crippen LogP contribution in [0.25, 0.3) is 0 Å². The van der Waals surface area contributed by atoms with E-state index in [9.17, 15) is 4.39 Å². The lowest BCUT2D eigenvalue weighted by atomic mass is 10.1. The maximum absolute atomic E-state index is 12.9. The molecule has 2 rings (SSSR count). The molecule has 0 aromatic heterocycles. The average Bonchev–Trinajstić information content (AvgIpc) is 2.70. The van der Waals surface area contributed by atoms with E-state index in [-0.39, 0.29) is 10.8 Å². The van der Waals surface area contributed by atoms with Crippen molar-refractivity contribution in [3.8, 4) is 0 Å². The minimum Gasteiger partial charge on any atom is -0.312 e. The Kier molecular flexibility index (Phi) is 4.66. The largest absolute Gasteiger partial charge is 0.312 e. The Hall–Kier alpha value is -0.310. The van der Waals surface area contributed by atoms with Gasteiger partial charge < -0.3 is 5.32 Å². The third-order valence-electron chi connectivity index (χ3n) is 3.22. The maximum atomic E-state index is 12.9. The summed E-state index contributed by atoms with van der Waals surface area (Å²) in [5, 5.41) is 3.91. The molecule has 0 radical (unpaired) electrons. The Morgan fingerprint density at radius 1 is 1.35 bits per heavy atom. The van der Waals surface area contributed by atoms with Crippen LogP contribution in [0, 0.1) is 11.7 Å². The van der Waals surface area contributed by atoms with E-state index in [0.717, 1.165) is 31.5 Å². The highest BCUT2D eigenvalue weighted by Gasteiger charge is 2.22. The molecular formula is C13H16Cl2FN. The first-order valence-corrected chi connectivity index (χ1v) is 6.75. The van der Waals surface area contributed by atoms with Gasteiger partial charge >= 0.3 is 0 Å². The van der Waals surface area contributed by atoms with Gasteiger partial charge in [0.1, 0.15) is 5.82 Å². The van der Waals surface area contributed by atoms with E-state index in [0.29, 0.717) is 11.3 Å². The molecule has 2 atom stereocenters. The lowest BCUT2D eigenvalue weighted by molar-refractivity contribution is 0.489. The minimum absolute atomic E-state index is 0.186. The second-order valence-electron chi connectivity index (χ2n) is 4.66. The highest BCUT2D eigenvalue weighted by Crippen LogP contribution is 2.28. The van der Waals surface area contributed by atoms with Gasteiger partial charge in [-0.1, -0.05) is 17.7 Å². The molecule has 2 unspecified atom stereocenters. The average molecular weight is 276 g/mol. The lowest BCUT2D eigenvalue weighted by Gasteiger charge is -2.11. The van der Waals surface area contributed by atoms with Crippen LogP contribution in [-0.4, -0.2) is 11.9 Å². The van der Waals surface area contributed by atoms with E-state index in [4.69, 9.17) is 23.2 Å². The topological polar surface area (TPSA) is 12.0 Å². The lowest BCUT2D eigenvalue weighted by Crippen LogP contribution is -2.21. The van der Waals surface area contributed by atoms with Crippen LogP contribution in [0.3, 0.4) is 0 Å². The van der Waals surface area contributed by atoms with Gasteiger partial charge in [0.05, 0.1) is 5.02 Å². The highest BCUT2D eigenvalue weighted by molar-refractivity contribution is 6.30. The zero-order chi connectivity index (χ0) is 12.3. The highest BCUT2D eigenvalue weighted by atomic mass is 35.5. The van der Waals surface area contributed by atoms with Crippen molar-refractivity contribution in [1.82, 2.24) is 5.32 Å². The van der Waals surface area contributed by atoms with Crippen LogP contribution < -0.4 is 5.32 Å². The number of halogens is 3. The smallest absolute Gasteiger partial charge is 0.141 e. The van der Waals surface area contributed by atoms with Crippen molar-refractivity contribution >= 4 is 23.2 Å². The second kappa shape index (κ2) is 6.03.